The van der Waals surface area contributed by atoms with Gasteiger partial charge in [0.2, 0.25) is 0 Å². The van der Waals surface area contributed by atoms with Crippen molar-refractivity contribution in [3.63, 3.8) is 0 Å². The largest absolute Gasteiger partial charge is 0.495 e. The zero-order valence-corrected chi connectivity index (χ0v) is 14.3. The molecule has 1 aromatic heterocycles. The molecule has 1 amide bonds. The van der Waals surface area contributed by atoms with E-state index in [1.807, 2.05) is 36.1 Å². The number of carbonyl (C=O) groups is 1. The van der Waals surface area contributed by atoms with Crippen LogP contribution in [0.4, 0.5) is 0 Å². The molecule has 1 aliphatic rings. The Kier molecular flexibility index (Phi) is 5.30. The number of amides is 1. The van der Waals surface area contributed by atoms with Crippen molar-refractivity contribution in [2.24, 2.45) is 5.92 Å². The minimum atomic E-state index is -0.00805. The predicted octanol–water partition coefficient (Wildman–Crippen LogP) is 3.13. The van der Waals surface area contributed by atoms with Gasteiger partial charge in [0.25, 0.3) is 5.91 Å². The lowest BCUT2D eigenvalue weighted by Crippen LogP contribution is -2.41. The van der Waals surface area contributed by atoms with E-state index in [0.29, 0.717) is 30.4 Å². The van der Waals surface area contributed by atoms with E-state index in [1.165, 1.54) is 0 Å². The maximum atomic E-state index is 13.0. The Bertz CT molecular complexity index is 717. The van der Waals surface area contributed by atoms with Crippen LogP contribution in [0.25, 0.3) is 10.9 Å². The summed E-state index contributed by atoms with van der Waals surface area (Å²) >= 11 is 0. The lowest BCUT2D eigenvalue weighted by atomic mass is 9.98. The fourth-order valence-electron chi connectivity index (χ4n) is 3.33. The second-order valence-electron chi connectivity index (χ2n) is 6.14. The van der Waals surface area contributed by atoms with Crippen LogP contribution in [0.1, 0.15) is 30.1 Å². The van der Waals surface area contributed by atoms with Crippen LogP contribution in [0.5, 0.6) is 5.75 Å². The zero-order chi connectivity index (χ0) is 16.9. The average Bonchev–Trinajstić information content (AvgIpc) is 2.65. The van der Waals surface area contributed by atoms with E-state index >= 15 is 0 Å². The minimum Gasteiger partial charge on any atom is -0.495 e. The molecule has 0 radical (unpaired) electrons. The first-order valence-corrected chi connectivity index (χ1v) is 8.53. The van der Waals surface area contributed by atoms with Crippen LogP contribution in [-0.4, -0.2) is 49.2 Å². The van der Waals surface area contributed by atoms with Gasteiger partial charge < -0.3 is 14.4 Å². The van der Waals surface area contributed by atoms with Crippen LogP contribution >= 0.6 is 0 Å². The highest BCUT2D eigenvalue weighted by Gasteiger charge is 2.27. The average molecular weight is 328 g/mol. The smallest absolute Gasteiger partial charge is 0.259 e. The number of likely N-dealkylation sites (tertiary alicyclic amines) is 1. The van der Waals surface area contributed by atoms with Gasteiger partial charge in [-0.05, 0) is 37.8 Å². The van der Waals surface area contributed by atoms with Gasteiger partial charge in [-0.2, -0.15) is 0 Å². The molecule has 0 saturated carbocycles. The third kappa shape index (κ3) is 3.36. The molecule has 1 fully saturated rings. The molecule has 1 aromatic carbocycles. The van der Waals surface area contributed by atoms with Crippen molar-refractivity contribution >= 4 is 16.8 Å². The summed E-state index contributed by atoms with van der Waals surface area (Å²) in [6, 6.07) is 7.72. The first-order chi connectivity index (χ1) is 11.7. The monoisotopic (exact) mass is 328 g/mol. The van der Waals surface area contributed by atoms with E-state index < -0.39 is 0 Å². The van der Waals surface area contributed by atoms with E-state index in [1.54, 1.807) is 13.3 Å². The molecular weight excluding hydrogens is 304 g/mol. The van der Waals surface area contributed by atoms with E-state index in [2.05, 4.69) is 4.98 Å². The number of piperidine rings is 1. The van der Waals surface area contributed by atoms with E-state index in [-0.39, 0.29) is 5.91 Å². The van der Waals surface area contributed by atoms with Crippen molar-refractivity contribution in [2.75, 3.05) is 33.4 Å². The predicted molar refractivity (Wildman–Crippen MR) is 93.4 cm³/mol. The van der Waals surface area contributed by atoms with Crippen LogP contribution in [0.2, 0.25) is 0 Å². The van der Waals surface area contributed by atoms with Crippen molar-refractivity contribution in [3.8, 4) is 5.75 Å². The lowest BCUT2D eigenvalue weighted by molar-refractivity contribution is 0.0498. The summed E-state index contributed by atoms with van der Waals surface area (Å²) in [6.45, 7) is 4.93. The molecule has 0 spiro atoms. The molecule has 128 valence electrons. The van der Waals surface area contributed by atoms with Gasteiger partial charge in [0.15, 0.2) is 0 Å². The molecule has 0 N–H and O–H groups in total. The van der Waals surface area contributed by atoms with Crippen molar-refractivity contribution in [2.45, 2.75) is 19.8 Å². The van der Waals surface area contributed by atoms with Gasteiger partial charge in [0, 0.05) is 31.3 Å². The Hall–Kier alpha value is -2.14. The summed E-state index contributed by atoms with van der Waals surface area (Å²) in [5, 5.41) is 0.869. The number of para-hydroxylation sites is 1. The summed E-state index contributed by atoms with van der Waals surface area (Å²) in [6.07, 6.45) is 3.75. The van der Waals surface area contributed by atoms with Gasteiger partial charge in [-0.15, -0.1) is 0 Å². The molecule has 5 heteroatoms. The fraction of sp³-hybridized carbons (Fsp3) is 0.474. The van der Waals surface area contributed by atoms with Gasteiger partial charge in [0.05, 0.1) is 19.2 Å². The van der Waals surface area contributed by atoms with Crippen LogP contribution in [0.3, 0.4) is 0 Å². The third-order valence-corrected chi connectivity index (χ3v) is 4.52. The summed E-state index contributed by atoms with van der Waals surface area (Å²) in [5.41, 5.74) is 1.37. The molecule has 2 heterocycles. The summed E-state index contributed by atoms with van der Waals surface area (Å²) in [4.78, 5) is 19.3. The molecule has 0 unspecified atom stereocenters. The maximum absolute atomic E-state index is 13.0. The summed E-state index contributed by atoms with van der Waals surface area (Å²) in [7, 11) is 1.60. The summed E-state index contributed by atoms with van der Waals surface area (Å²) < 4.78 is 11.1. The van der Waals surface area contributed by atoms with Crippen LogP contribution < -0.4 is 4.74 Å². The first kappa shape index (κ1) is 16.7. The number of rotatable bonds is 5. The molecule has 0 bridgehead atoms. The molecular formula is C19H24N2O3. The van der Waals surface area contributed by atoms with E-state index in [4.69, 9.17) is 9.47 Å². The molecule has 2 aromatic rings. The molecule has 0 aliphatic carbocycles. The number of benzene rings is 1. The van der Waals surface area contributed by atoms with Crippen molar-refractivity contribution in [1.29, 1.82) is 0 Å². The zero-order valence-electron chi connectivity index (χ0n) is 14.3. The second kappa shape index (κ2) is 7.62. The Labute approximate surface area is 142 Å². The molecule has 24 heavy (non-hydrogen) atoms. The Morgan fingerprint density at radius 3 is 3.00 bits per heavy atom. The van der Waals surface area contributed by atoms with Gasteiger partial charge in [-0.25, -0.2) is 0 Å². The standard InChI is InChI=1S/C19H24N2O3/c1-3-24-13-14-7-6-10-21(12-14)19(22)16-11-20-17-9-5-4-8-15(17)18(16)23-2/h4-5,8-9,11,14H,3,6-7,10,12-13H2,1-2H3/t14-/m0/s1. The minimum absolute atomic E-state index is 0.00805. The summed E-state index contributed by atoms with van der Waals surface area (Å²) in [5.74, 6) is 1.01. The Morgan fingerprint density at radius 2 is 2.21 bits per heavy atom. The Morgan fingerprint density at radius 1 is 1.38 bits per heavy atom. The number of pyridine rings is 1. The second-order valence-corrected chi connectivity index (χ2v) is 6.14. The fourth-order valence-corrected chi connectivity index (χ4v) is 3.33. The number of methoxy groups -OCH3 is 1. The lowest BCUT2D eigenvalue weighted by Gasteiger charge is -2.33. The number of aromatic nitrogens is 1. The van der Waals surface area contributed by atoms with Crippen molar-refractivity contribution in [1.82, 2.24) is 9.88 Å². The number of carbonyl (C=O) groups excluding carboxylic acids is 1. The number of fused-ring (bicyclic) bond motifs is 1. The topological polar surface area (TPSA) is 51.7 Å². The third-order valence-electron chi connectivity index (χ3n) is 4.52. The van der Waals surface area contributed by atoms with Gasteiger partial charge in [0.1, 0.15) is 11.3 Å². The molecule has 5 nitrogen and oxygen atoms in total. The SMILES string of the molecule is CCOC[C@H]1CCCN(C(=O)c2cnc3ccccc3c2OC)C1. The quantitative estimate of drug-likeness (QED) is 0.846. The van der Waals surface area contributed by atoms with Gasteiger partial charge in [-0.3, -0.25) is 9.78 Å². The van der Waals surface area contributed by atoms with E-state index in [9.17, 15) is 4.79 Å². The van der Waals surface area contributed by atoms with E-state index in [0.717, 1.165) is 36.8 Å². The number of nitrogens with zero attached hydrogens (tertiary/aromatic N) is 2. The number of hydrogen-bond donors (Lipinski definition) is 0. The maximum Gasteiger partial charge on any atom is 0.259 e. The van der Waals surface area contributed by atoms with Gasteiger partial charge in [-0.1, -0.05) is 12.1 Å². The highest BCUT2D eigenvalue weighted by molar-refractivity contribution is 6.02. The molecule has 1 saturated heterocycles. The Balaban J connectivity index is 1.85. The van der Waals surface area contributed by atoms with Crippen LogP contribution in [-0.2, 0) is 4.74 Å². The van der Waals surface area contributed by atoms with Crippen molar-refractivity contribution in [3.05, 3.63) is 36.0 Å². The highest BCUT2D eigenvalue weighted by atomic mass is 16.5. The molecule has 1 atom stereocenters. The number of hydrogen-bond acceptors (Lipinski definition) is 4. The first-order valence-electron chi connectivity index (χ1n) is 8.53. The molecule has 1 aliphatic heterocycles. The molecule has 3 rings (SSSR count). The van der Waals surface area contributed by atoms with Gasteiger partial charge >= 0.3 is 0 Å². The van der Waals surface area contributed by atoms with Crippen LogP contribution in [0, 0.1) is 5.92 Å². The van der Waals surface area contributed by atoms with Crippen molar-refractivity contribution < 1.29 is 14.3 Å². The normalized spacial score (nSPS) is 17.9. The number of ether oxygens (including phenoxy) is 2. The highest BCUT2D eigenvalue weighted by Crippen LogP contribution is 2.30. The van der Waals surface area contributed by atoms with Crippen LogP contribution in [0.15, 0.2) is 30.5 Å².